The van der Waals surface area contributed by atoms with Crippen LogP contribution >= 0.6 is 0 Å². The summed E-state index contributed by atoms with van der Waals surface area (Å²) in [6.45, 7) is 4.07. The molecule has 106 valence electrons. The minimum absolute atomic E-state index is 0.0841. The van der Waals surface area contributed by atoms with Gasteiger partial charge in [0.1, 0.15) is 5.82 Å². The minimum Gasteiger partial charge on any atom is -0.334 e. The van der Waals surface area contributed by atoms with E-state index in [1.165, 1.54) is 0 Å². The normalized spacial score (nSPS) is 10.4. The van der Waals surface area contributed by atoms with E-state index in [2.05, 4.69) is 20.6 Å². The second-order valence-electron chi connectivity index (χ2n) is 4.67. The van der Waals surface area contributed by atoms with Crippen LogP contribution in [0.25, 0.3) is 0 Å². The van der Waals surface area contributed by atoms with Gasteiger partial charge < -0.3 is 10.3 Å². The highest BCUT2D eigenvalue weighted by molar-refractivity contribution is 5.94. The van der Waals surface area contributed by atoms with E-state index < -0.39 is 0 Å². The van der Waals surface area contributed by atoms with Crippen LogP contribution in [-0.4, -0.2) is 33.0 Å². The zero-order valence-corrected chi connectivity index (χ0v) is 11.8. The van der Waals surface area contributed by atoms with Crippen molar-refractivity contribution in [2.45, 2.75) is 20.4 Å². The SMILES string of the molecule is Cc1nc(CN(C)C(=O)c2ccc(NN)c(C)c2)n[nH]1. The fourth-order valence-electron chi connectivity index (χ4n) is 1.92. The van der Waals surface area contributed by atoms with E-state index >= 15 is 0 Å². The maximum atomic E-state index is 12.3. The molecule has 1 aromatic heterocycles. The number of amides is 1. The molecule has 7 nitrogen and oxygen atoms in total. The number of hydrogen-bond donors (Lipinski definition) is 3. The number of aryl methyl sites for hydroxylation is 2. The number of rotatable bonds is 4. The van der Waals surface area contributed by atoms with Gasteiger partial charge in [-0.1, -0.05) is 0 Å². The Labute approximate surface area is 117 Å². The zero-order chi connectivity index (χ0) is 14.7. The van der Waals surface area contributed by atoms with Crippen LogP contribution in [0.1, 0.15) is 27.6 Å². The lowest BCUT2D eigenvalue weighted by Crippen LogP contribution is -2.27. The van der Waals surface area contributed by atoms with Crippen LogP contribution in [0.15, 0.2) is 18.2 Å². The van der Waals surface area contributed by atoms with Gasteiger partial charge in [0.05, 0.1) is 12.2 Å². The van der Waals surface area contributed by atoms with Crippen LogP contribution in [0.3, 0.4) is 0 Å². The third-order valence-electron chi connectivity index (χ3n) is 3.00. The smallest absolute Gasteiger partial charge is 0.254 e. The quantitative estimate of drug-likeness (QED) is 0.570. The molecule has 0 fully saturated rings. The number of aromatic amines is 1. The van der Waals surface area contributed by atoms with E-state index in [1.54, 1.807) is 30.1 Å². The molecule has 2 rings (SSSR count). The number of nitrogen functional groups attached to an aromatic ring is 1. The van der Waals surface area contributed by atoms with Crippen molar-refractivity contribution in [3.63, 3.8) is 0 Å². The summed E-state index contributed by atoms with van der Waals surface area (Å²) in [6.07, 6.45) is 0. The lowest BCUT2D eigenvalue weighted by Gasteiger charge is -2.16. The van der Waals surface area contributed by atoms with Gasteiger partial charge in [-0.3, -0.25) is 15.7 Å². The van der Waals surface area contributed by atoms with E-state index in [1.807, 2.05) is 13.8 Å². The van der Waals surface area contributed by atoms with Crippen LogP contribution in [0.5, 0.6) is 0 Å². The van der Waals surface area contributed by atoms with Crippen LogP contribution in [0, 0.1) is 13.8 Å². The molecular formula is C13H18N6O. The number of aromatic nitrogens is 3. The molecule has 0 spiro atoms. The minimum atomic E-state index is -0.0841. The number of nitrogens with zero attached hydrogens (tertiary/aromatic N) is 3. The predicted molar refractivity (Wildman–Crippen MR) is 75.9 cm³/mol. The van der Waals surface area contributed by atoms with E-state index in [0.29, 0.717) is 17.9 Å². The number of nitrogens with two attached hydrogens (primary N) is 1. The van der Waals surface area contributed by atoms with Crippen molar-refractivity contribution in [3.05, 3.63) is 41.0 Å². The van der Waals surface area contributed by atoms with E-state index in [-0.39, 0.29) is 5.91 Å². The highest BCUT2D eigenvalue weighted by Gasteiger charge is 2.14. The van der Waals surface area contributed by atoms with Gasteiger partial charge >= 0.3 is 0 Å². The van der Waals surface area contributed by atoms with Gasteiger partial charge in [0.2, 0.25) is 0 Å². The first-order valence-electron chi connectivity index (χ1n) is 6.22. The molecule has 0 radical (unpaired) electrons. The highest BCUT2D eigenvalue weighted by Crippen LogP contribution is 2.16. The molecular weight excluding hydrogens is 256 g/mol. The summed E-state index contributed by atoms with van der Waals surface area (Å²) in [6, 6.07) is 5.33. The number of H-pyrrole nitrogens is 1. The Morgan fingerprint density at radius 1 is 1.45 bits per heavy atom. The number of anilines is 1. The maximum absolute atomic E-state index is 12.3. The number of carbonyl (C=O) groups excluding carboxylic acids is 1. The number of benzene rings is 1. The van der Waals surface area contributed by atoms with Crippen LogP contribution in [0.2, 0.25) is 0 Å². The molecule has 0 saturated carbocycles. The van der Waals surface area contributed by atoms with E-state index in [9.17, 15) is 4.79 Å². The molecule has 1 heterocycles. The van der Waals surface area contributed by atoms with Crippen molar-refractivity contribution in [1.82, 2.24) is 20.1 Å². The fraction of sp³-hybridized carbons (Fsp3) is 0.308. The van der Waals surface area contributed by atoms with Gasteiger partial charge in [0, 0.05) is 12.6 Å². The van der Waals surface area contributed by atoms with Gasteiger partial charge in [0.15, 0.2) is 5.82 Å². The molecule has 0 bridgehead atoms. The van der Waals surface area contributed by atoms with Gasteiger partial charge in [-0.05, 0) is 37.6 Å². The Hall–Kier alpha value is -2.41. The summed E-state index contributed by atoms with van der Waals surface area (Å²) in [5.41, 5.74) is 4.91. The average Bonchev–Trinajstić information content (AvgIpc) is 2.83. The van der Waals surface area contributed by atoms with Crippen molar-refractivity contribution in [3.8, 4) is 0 Å². The first kappa shape index (κ1) is 14.0. The second kappa shape index (κ2) is 5.70. The third-order valence-corrected chi connectivity index (χ3v) is 3.00. The number of carbonyl (C=O) groups is 1. The summed E-state index contributed by atoms with van der Waals surface area (Å²) in [7, 11) is 1.72. The Bertz CT molecular complexity index is 621. The molecule has 2 aromatic rings. The van der Waals surface area contributed by atoms with Crippen molar-refractivity contribution >= 4 is 11.6 Å². The Kier molecular flexibility index (Phi) is 3.99. The molecule has 0 saturated heterocycles. The predicted octanol–water partition coefficient (Wildman–Crippen LogP) is 0.979. The summed E-state index contributed by atoms with van der Waals surface area (Å²) in [4.78, 5) is 18.1. The maximum Gasteiger partial charge on any atom is 0.254 e. The monoisotopic (exact) mass is 274 g/mol. The van der Waals surface area contributed by atoms with Gasteiger partial charge in [-0.15, -0.1) is 0 Å². The molecule has 0 unspecified atom stereocenters. The number of hydrogen-bond acceptors (Lipinski definition) is 5. The fourth-order valence-corrected chi connectivity index (χ4v) is 1.92. The standard InChI is InChI=1S/C13H18N6O/c1-8-6-10(4-5-11(8)16-14)13(20)19(3)7-12-15-9(2)17-18-12/h4-6,16H,7,14H2,1-3H3,(H,15,17,18). The summed E-state index contributed by atoms with van der Waals surface area (Å²) < 4.78 is 0. The Balaban J connectivity index is 2.12. The number of hydrazine groups is 1. The largest absolute Gasteiger partial charge is 0.334 e. The molecule has 0 aliphatic heterocycles. The highest BCUT2D eigenvalue weighted by atomic mass is 16.2. The lowest BCUT2D eigenvalue weighted by molar-refractivity contribution is 0.0781. The molecule has 0 atom stereocenters. The molecule has 1 aromatic carbocycles. The van der Waals surface area contributed by atoms with Crippen molar-refractivity contribution in [1.29, 1.82) is 0 Å². The molecule has 0 aliphatic carbocycles. The molecule has 4 N–H and O–H groups in total. The van der Waals surface area contributed by atoms with Crippen molar-refractivity contribution in [2.24, 2.45) is 5.84 Å². The van der Waals surface area contributed by atoms with E-state index in [4.69, 9.17) is 5.84 Å². The van der Waals surface area contributed by atoms with Gasteiger partial charge in [-0.2, -0.15) is 5.10 Å². The first-order chi connectivity index (χ1) is 9.51. The molecule has 0 aliphatic rings. The Morgan fingerprint density at radius 2 is 2.20 bits per heavy atom. The molecule has 1 amide bonds. The topological polar surface area (TPSA) is 99.9 Å². The first-order valence-corrected chi connectivity index (χ1v) is 6.22. The van der Waals surface area contributed by atoms with E-state index in [0.717, 1.165) is 17.1 Å². The Morgan fingerprint density at radius 3 is 2.75 bits per heavy atom. The summed E-state index contributed by atoms with van der Waals surface area (Å²) in [5, 5.41) is 6.78. The molecule has 20 heavy (non-hydrogen) atoms. The average molecular weight is 274 g/mol. The molecule has 7 heteroatoms. The van der Waals surface area contributed by atoms with Crippen LogP contribution in [0.4, 0.5) is 5.69 Å². The third kappa shape index (κ3) is 2.94. The van der Waals surface area contributed by atoms with Crippen LogP contribution in [-0.2, 0) is 6.54 Å². The van der Waals surface area contributed by atoms with Crippen molar-refractivity contribution < 1.29 is 4.79 Å². The lowest BCUT2D eigenvalue weighted by atomic mass is 10.1. The van der Waals surface area contributed by atoms with Gasteiger partial charge in [-0.25, -0.2) is 4.98 Å². The number of nitrogens with one attached hydrogen (secondary N) is 2. The van der Waals surface area contributed by atoms with Crippen LogP contribution < -0.4 is 11.3 Å². The second-order valence-corrected chi connectivity index (χ2v) is 4.67. The summed E-state index contributed by atoms with van der Waals surface area (Å²) >= 11 is 0. The van der Waals surface area contributed by atoms with Crippen molar-refractivity contribution in [2.75, 3.05) is 12.5 Å². The summed E-state index contributed by atoms with van der Waals surface area (Å²) in [5.74, 6) is 6.62. The van der Waals surface area contributed by atoms with Gasteiger partial charge in [0.25, 0.3) is 5.91 Å². The zero-order valence-electron chi connectivity index (χ0n) is 11.8.